The highest BCUT2D eigenvalue weighted by Crippen LogP contribution is 2.20. The molecule has 94 valence electrons. The number of furan rings is 1. The minimum atomic E-state index is -0.196. The van der Waals surface area contributed by atoms with Crippen molar-refractivity contribution in [2.45, 2.75) is 6.54 Å². The minimum absolute atomic E-state index is 0.196. The van der Waals surface area contributed by atoms with Gasteiger partial charge in [0.1, 0.15) is 5.76 Å². The van der Waals surface area contributed by atoms with E-state index in [1.807, 2.05) is 0 Å². The van der Waals surface area contributed by atoms with Gasteiger partial charge in [0.25, 0.3) is 5.91 Å². The van der Waals surface area contributed by atoms with Crippen molar-refractivity contribution in [2.24, 2.45) is 0 Å². The fourth-order valence-corrected chi connectivity index (χ4v) is 1.77. The van der Waals surface area contributed by atoms with Gasteiger partial charge in [-0.15, -0.1) is 0 Å². The van der Waals surface area contributed by atoms with Crippen LogP contribution in [0.15, 0.2) is 41.0 Å². The zero-order valence-electron chi connectivity index (χ0n) is 9.87. The lowest BCUT2D eigenvalue weighted by atomic mass is 10.1. The number of benzene rings is 1. The van der Waals surface area contributed by atoms with Gasteiger partial charge in [0, 0.05) is 17.8 Å². The van der Waals surface area contributed by atoms with Crippen molar-refractivity contribution in [2.75, 3.05) is 12.4 Å². The Hall–Kier alpha value is -1.94. The van der Waals surface area contributed by atoms with E-state index in [0.29, 0.717) is 22.9 Å². The van der Waals surface area contributed by atoms with Crippen molar-refractivity contribution in [1.29, 1.82) is 0 Å². The normalized spacial score (nSPS) is 10.1. The van der Waals surface area contributed by atoms with Gasteiger partial charge >= 0.3 is 0 Å². The number of rotatable bonds is 4. The molecule has 2 aromatic rings. The third-order valence-electron chi connectivity index (χ3n) is 2.50. The summed E-state index contributed by atoms with van der Waals surface area (Å²) in [4.78, 5) is 12.0. The number of amides is 1. The topological polar surface area (TPSA) is 54.3 Å². The second kappa shape index (κ2) is 5.60. The molecule has 0 unspecified atom stereocenters. The Labute approximate surface area is 110 Å². The Kier molecular flexibility index (Phi) is 3.89. The molecule has 0 bridgehead atoms. The monoisotopic (exact) mass is 264 g/mol. The fourth-order valence-electron chi connectivity index (χ4n) is 1.60. The largest absolute Gasteiger partial charge is 0.467 e. The van der Waals surface area contributed by atoms with Crippen molar-refractivity contribution >= 4 is 23.2 Å². The third kappa shape index (κ3) is 2.84. The first-order valence-electron chi connectivity index (χ1n) is 5.48. The molecule has 2 rings (SSSR count). The van der Waals surface area contributed by atoms with Crippen molar-refractivity contribution < 1.29 is 9.21 Å². The molecule has 0 radical (unpaired) electrons. The summed E-state index contributed by atoms with van der Waals surface area (Å²) in [6.45, 7) is 0.349. The summed E-state index contributed by atoms with van der Waals surface area (Å²) in [5.41, 5.74) is 1.24. The first-order valence-corrected chi connectivity index (χ1v) is 5.86. The van der Waals surface area contributed by atoms with Crippen LogP contribution in [0.3, 0.4) is 0 Å². The Bertz CT molecular complexity index is 538. The lowest BCUT2D eigenvalue weighted by Crippen LogP contribution is -2.23. The number of halogens is 1. The maximum atomic E-state index is 12.0. The summed E-state index contributed by atoms with van der Waals surface area (Å²) in [6, 6.07) is 8.71. The number of carbonyl (C=O) groups is 1. The second-order valence-corrected chi connectivity index (χ2v) is 4.14. The molecule has 0 fully saturated rings. The maximum Gasteiger partial charge on any atom is 0.253 e. The third-order valence-corrected chi connectivity index (χ3v) is 2.73. The van der Waals surface area contributed by atoms with Gasteiger partial charge in [0.05, 0.1) is 18.4 Å². The van der Waals surface area contributed by atoms with Gasteiger partial charge in [0.15, 0.2) is 0 Å². The summed E-state index contributed by atoms with van der Waals surface area (Å²) >= 11 is 5.89. The molecule has 0 aliphatic rings. The highest BCUT2D eigenvalue weighted by atomic mass is 35.5. The summed E-state index contributed by atoms with van der Waals surface area (Å²) < 4.78 is 5.14. The van der Waals surface area contributed by atoms with Gasteiger partial charge in [0.2, 0.25) is 0 Å². The number of hydrogen-bond acceptors (Lipinski definition) is 3. The van der Waals surface area contributed by atoms with Crippen molar-refractivity contribution in [3.63, 3.8) is 0 Å². The van der Waals surface area contributed by atoms with Crippen LogP contribution in [0.1, 0.15) is 16.1 Å². The van der Waals surface area contributed by atoms with Crippen LogP contribution in [-0.2, 0) is 6.54 Å². The molecule has 0 saturated heterocycles. The molecular weight excluding hydrogens is 252 g/mol. The van der Waals surface area contributed by atoms with E-state index in [9.17, 15) is 4.79 Å². The SMILES string of the molecule is CNc1ccc(Cl)cc1C(=O)NCc1ccco1. The summed E-state index contributed by atoms with van der Waals surface area (Å²) in [5, 5.41) is 6.25. The van der Waals surface area contributed by atoms with E-state index in [1.165, 1.54) is 0 Å². The van der Waals surface area contributed by atoms with Crippen molar-refractivity contribution in [3.8, 4) is 0 Å². The average molecular weight is 265 g/mol. The van der Waals surface area contributed by atoms with Crippen LogP contribution < -0.4 is 10.6 Å². The van der Waals surface area contributed by atoms with Gasteiger partial charge in [-0.2, -0.15) is 0 Å². The second-order valence-electron chi connectivity index (χ2n) is 3.70. The fraction of sp³-hybridized carbons (Fsp3) is 0.154. The molecule has 0 aliphatic heterocycles. The Morgan fingerprint density at radius 3 is 2.89 bits per heavy atom. The molecule has 0 aliphatic carbocycles. The quantitative estimate of drug-likeness (QED) is 0.893. The highest BCUT2D eigenvalue weighted by molar-refractivity contribution is 6.31. The zero-order valence-corrected chi connectivity index (χ0v) is 10.6. The Morgan fingerprint density at radius 2 is 2.22 bits per heavy atom. The number of carbonyl (C=O) groups excluding carboxylic acids is 1. The molecule has 1 aromatic heterocycles. The van der Waals surface area contributed by atoms with Crippen LogP contribution >= 0.6 is 11.6 Å². The zero-order chi connectivity index (χ0) is 13.0. The molecule has 18 heavy (non-hydrogen) atoms. The van der Waals surface area contributed by atoms with Gasteiger partial charge in [-0.1, -0.05) is 11.6 Å². The molecule has 0 spiro atoms. The van der Waals surface area contributed by atoms with Gasteiger partial charge in [-0.3, -0.25) is 4.79 Å². The molecular formula is C13H13ClN2O2. The van der Waals surface area contributed by atoms with E-state index in [-0.39, 0.29) is 5.91 Å². The van der Waals surface area contributed by atoms with Crippen LogP contribution in [-0.4, -0.2) is 13.0 Å². The van der Waals surface area contributed by atoms with E-state index >= 15 is 0 Å². The predicted molar refractivity (Wildman–Crippen MR) is 70.9 cm³/mol. The van der Waals surface area contributed by atoms with Crippen LogP contribution in [0.5, 0.6) is 0 Å². The van der Waals surface area contributed by atoms with Crippen LogP contribution in [0, 0.1) is 0 Å². The van der Waals surface area contributed by atoms with E-state index in [1.54, 1.807) is 43.6 Å². The smallest absolute Gasteiger partial charge is 0.253 e. The van der Waals surface area contributed by atoms with Crippen molar-refractivity contribution in [1.82, 2.24) is 5.32 Å². The molecule has 0 atom stereocenters. The first kappa shape index (κ1) is 12.5. The van der Waals surface area contributed by atoms with E-state index in [2.05, 4.69) is 10.6 Å². The lowest BCUT2D eigenvalue weighted by Gasteiger charge is -2.09. The number of nitrogens with one attached hydrogen (secondary N) is 2. The number of anilines is 1. The Morgan fingerprint density at radius 1 is 1.39 bits per heavy atom. The Balaban J connectivity index is 2.10. The van der Waals surface area contributed by atoms with Crippen LogP contribution in [0.4, 0.5) is 5.69 Å². The lowest BCUT2D eigenvalue weighted by molar-refractivity contribution is 0.0949. The maximum absolute atomic E-state index is 12.0. The van der Waals surface area contributed by atoms with Crippen molar-refractivity contribution in [3.05, 3.63) is 52.9 Å². The average Bonchev–Trinajstić information content (AvgIpc) is 2.89. The summed E-state index contributed by atoms with van der Waals surface area (Å²) in [7, 11) is 1.76. The molecule has 1 amide bonds. The van der Waals surface area contributed by atoms with E-state index < -0.39 is 0 Å². The predicted octanol–water partition coefficient (Wildman–Crippen LogP) is 2.90. The molecule has 0 saturated carbocycles. The molecule has 5 heteroatoms. The number of hydrogen-bond donors (Lipinski definition) is 2. The minimum Gasteiger partial charge on any atom is -0.467 e. The first-order chi connectivity index (χ1) is 8.70. The summed E-state index contributed by atoms with van der Waals surface area (Å²) in [5.74, 6) is 0.509. The van der Waals surface area contributed by atoms with Gasteiger partial charge in [-0.25, -0.2) is 0 Å². The van der Waals surface area contributed by atoms with Crippen LogP contribution in [0.25, 0.3) is 0 Å². The standard InChI is InChI=1S/C13H13ClN2O2/c1-15-12-5-4-9(14)7-11(12)13(17)16-8-10-3-2-6-18-10/h2-7,15H,8H2,1H3,(H,16,17). The molecule has 2 N–H and O–H groups in total. The van der Waals surface area contributed by atoms with Gasteiger partial charge < -0.3 is 15.1 Å². The van der Waals surface area contributed by atoms with Crippen LogP contribution in [0.2, 0.25) is 5.02 Å². The van der Waals surface area contributed by atoms with E-state index in [0.717, 1.165) is 5.69 Å². The molecule has 1 heterocycles. The highest BCUT2D eigenvalue weighted by Gasteiger charge is 2.11. The molecule has 4 nitrogen and oxygen atoms in total. The molecule has 1 aromatic carbocycles. The summed E-state index contributed by atoms with van der Waals surface area (Å²) in [6.07, 6.45) is 1.57. The van der Waals surface area contributed by atoms with E-state index in [4.69, 9.17) is 16.0 Å². The van der Waals surface area contributed by atoms with Gasteiger partial charge in [-0.05, 0) is 30.3 Å².